The number of aromatic nitrogens is 1. The molecule has 2 aromatic rings. The van der Waals surface area contributed by atoms with E-state index in [4.69, 9.17) is 5.11 Å². The number of carbonyl (C=O) groups is 1. The maximum atomic E-state index is 10.9. The van der Waals surface area contributed by atoms with Gasteiger partial charge in [0.2, 0.25) is 0 Å². The third-order valence-electron chi connectivity index (χ3n) is 3.66. The lowest BCUT2D eigenvalue weighted by atomic mass is 10.0. The summed E-state index contributed by atoms with van der Waals surface area (Å²) in [5, 5.41) is 23.0. The van der Waals surface area contributed by atoms with Gasteiger partial charge in [0.15, 0.2) is 0 Å². The highest BCUT2D eigenvalue weighted by Gasteiger charge is 2.15. The van der Waals surface area contributed by atoms with Crippen molar-refractivity contribution in [3.8, 4) is 0 Å². The lowest BCUT2D eigenvalue weighted by Gasteiger charge is -2.19. The predicted molar refractivity (Wildman–Crippen MR) is 90.1 cm³/mol. The third kappa shape index (κ3) is 5.05. The number of carboxylic acids is 1. The molecule has 2 rings (SSSR count). The van der Waals surface area contributed by atoms with Crippen molar-refractivity contribution in [3.63, 3.8) is 0 Å². The highest BCUT2D eigenvalue weighted by Crippen LogP contribution is 2.20. The van der Waals surface area contributed by atoms with Gasteiger partial charge in [0.05, 0.1) is 4.92 Å². The molecule has 0 saturated carbocycles. The minimum atomic E-state index is -0.859. The molecule has 24 heavy (non-hydrogen) atoms. The smallest absolute Gasteiger partial charge is 0.303 e. The average Bonchev–Trinajstić information content (AvgIpc) is 2.53. The van der Waals surface area contributed by atoms with E-state index in [1.165, 1.54) is 6.20 Å². The van der Waals surface area contributed by atoms with Crippen LogP contribution in [0.5, 0.6) is 0 Å². The SMILES string of the molecule is Cc1cc(NC(CCC(=O)O)Cc2ccccc2)ncc1[N+](=O)[O-]. The Morgan fingerprint density at radius 2 is 2.08 bits per heavy atom. The number of benzene rings is 1. The summed E-state index contributed by atoms with van der Waals surface area (Å²) in [7, 11) is 0. The zero-order chi connectivity index (χ0) is 17.5. The number of nitrogens with zero attached hydrogens (tertiary/aromatic N) is 2. The van der Waals surface area contributed by atoms with Crippen molar-refractivity contribution < 1.29 is 14.8 Å². The van der Waals surface area contributed by atoms with E-state index in [0.29, 0.717) is 24.2 Å². The van der Waals surface area contributed by atoms with Gasteiger partial charge in [0.25, 0.3) is 5.69 Å². The van der Waals surface area contributed by atoms with Gasteiger partial charge in [-0.2, -0.15) is 0 Å². The number of rotatable bonds is 8. The van der Waals surface area contributed by atoms with Crippen molar-refractivity contribution in [2.75, 3.05) is 5.32 Å². The Labute approximate surface area is 139 Å². The molecular weight excluding hydrogens is 310 g/mol. The minimum absolute atomic E-state index is 0.0364. The molecule has 0 aliphatic carbocycles. The number of pyridine rings is 1. The second-order valence-corrected chi connectivity index (χ2v) is 5.58. The van der Waals surface area contributed by atoms with Gasteiger partial charge >= 0.3 is 5.97 Å². The first-order chi connectivity index (χ1) is 11.5. The first-order valence-corrected chi connectivity index (χ1v) is 7.59. The number of nitrogens with one attached hydrogen (secondary N) is 1. The maximum absolute atomic E-state index is 10.9. The van der Waals surface area contributed by atoms with Crippen LogP contribution in [0.3, 0.4) is 0 Å². The van der Waals surface area contributed by atoms with Gasteiger partial charge in [0, 0.05) is 18.0 Å². The molecule has 0 bridgehead atoms. The molecule has 7 nitrogen and oxygen atoms in total. The summed E-state index contributed by atoms with van der Waals surface area (Å²) >= 11 is 0. The highest BCUT2D eigenvalue weighted by atomic mass is 16.6. The van der Waals surface area contributed by atoms with Crippen LogP contribution >= 0.6 is 0 Å². The first kappa shape index (κ1) is 17.4. The molecule has 0 aliphatic heterocycles. The van der Waals surface area contributed by atoms with Crippen LogP contribution in [0.25, 0.3) is 0 Å². The zero-order valence-electron chi connectivity index (χ0n) is 13.3. The Morgan fingerprint density at radius 3 is 2.67 bits per heavy atom. The van der Waals surface area contributed by atoms with E-state index >= 15 is 0 Å². The van der Waals surface area contributed by atoms with Crippen molar-refractivity contribution >= 4 is 17.5 Å². The Kier molecular flexibility index (Phi) is 5.83. The highest BCUT2D eigenvalue weighted by molar-refractivity contribution is 5.66. The fourth-order valence-electron chi connectivity index (χ4n) is 2.45. The van der Waals surface area contributed by atoms with Crippen molar-refractivity contribution in [1.82, 2.24) is 4.98 Å². The lowest BCUT2D eigenvalue weighted by molar-refractivity contribution is -0.385. The van der Waals surface area contributed by atoms with E-state index in [1.54, 1.807) is 13.0 Å². The molecular formula is C17H19N3O4. The summed E-state index contributed by atoms with van der Waals surface area (Å²) in [6.45, 7) is 1.65. The molecule has 1 aromatic heterocycles. The van der Waals surface area contributed by atoms with Crippen LogP contribution in [0, 0.1) is 17.0 Å². The van der Waals surface area contributed by atoms with Crippen molar-refractivity contribution in [3.05, 3.63) is 63.8 Å². The van der Waals surface area contributed by atoms with Gasteiger partial charge in [-0.25, -0.2) is 4.98 Å². The standard InChI is InChI=1S/C17H19N3O4/c1-12-9-16(18-11-15(12)20(23)24)19-14(7-8-17(21)22)10-13-5-3-2-4-6-13/h2-6,9,11,14H,7-8,10H2,1H3,(H,18,19)(H,21,22). The van der Waals surface area contributed by atoms with Gasteiger partial charge in [-0.1, -0.05) is 30.3 Å². The van der Waals surface area contributed by atoms with Crippen LogP contribution < -0.4 is 5.32 Å². The van der Waals surface area contributed by atoms with Crippen molar-refractivity contribution in [1.29, 1.82) is 0 Å². The maximum Gasteiger partial charge on any atom is 0.303 e. The average molecular weight is 329 g/mol. The molecule has 126 valence electrons. The topological polar surface area (TPSA) is 105 Å². The van der Waals surface area contributed by atoms with Crippen LogP contribution in [-0.4, -0.2) is 27.0 Å². The summed E-state index contributed by atoms with van der Waals surface area (Å²) in [6.07, 6.45) is 2.33. The van der Waals surface area contributed by atoms with Gasteiger partial charge in [-0.05, 0) is 31.4 Å². The second kappa shape index (κ2) is 8.05. The molecule has 7 heteroatoms. The second-order valence-electron chi connectivity index (χ2n) is 5.58. The predicted octanol–water partition coefficient (Wildman–Crippen LogP) is 3.19. The summed E-state index contributed by atoms with van der Waals surface area (Å²) < 4.78 is 0. The van der Waals surface area contributed by atoms with Crippen LogP contribution in [-0.2, 0) is 11.2 Å². The van der Waals surface area contributed by atoms with Gasteiger partial charge < -0.3 is 10.4 Å². The van der Waals surface area contributed by atoms with E-state index in [0.717, 1.165) is 5.56 Å². The summed E-state index contributed by atoms with van der Waals surface area (Å²) in [5.41, 5.74) is 1.55. The van der Waals surface area contributed by atoms with Crippen LogP contribution in [0.1, 0.15) is 24.0 Å². The summed E-state index contributed by atoms with van der Waals surface area (Å²) in [6, 6.07) is 11.2. The van der Waals surface area contributed by atoms with Crippen LogP contribution in [0.15, 0.2) is 42.6 Å². The van der Waals surface area contributed by atoms with Crippen LogP contribution in [0.4, 0.5) is 11.5 Å². The molecule has 0 spiro atoms. The lowest BCUT2D eigenvalue weighted by Crippen LogP contribution is -2.24. The summed E-state index contributed by atoms with van der Waals surface area (Å²) in [4.78, 5) is 25.3. The minimum Gasteiger partial charge on any atom is -0.481 e. The van der Waals surface area contributed by atoms with E-state index in [2.05, 4.69) is 10.3 Å². The number of aliphatic carboxylic acids is 1. The van der Waals surface area contributed by atoms with E-state index in [1.807, 2.05) is 30.3 Å². The van der Waals surface area contributed by atoms with Gasteiger partial charge in [0.1, 0.15) is 12.0 Å². The third-order valence-corrected chi connectivity index (χ3v) is 3.66. The number of nitro groups is 1. The molecule has 0 radical (unpaired) electrons. The molecule has 0 saturated heterocycles. The molecule has 0 aliphatic rings. The number of aryl methyl sites for hydroxylation is 1. The number of hydrogen-bond acceptors (Lipinski definition) is 5. The first-order valence-electron chi connectivity index (χ1n) is 7.59. The molecule has 2 N–H and O–H groups in total. The molecule has 1 unspecified atom stereocenters. The monoisotopic (exact) mass is 329 g/mol. The van der Waals surface area contributed by atoms with E-state index in [-0.39, 0.29) is 18.2 Å². The van der Waals surface area contributed by atoms with E-state index < -0.39 is 10.9 Å². The Balaban J connectivity index is 2.13. The summed E-state index contributed by atoms with van der Waals surface area (Å²) in [5.74, 6) is -0.355. The number of anilines is 1. The molecule has 0 amide bonds. The number of carboxylic acid groups (broad SMARTS) is 1. The fourth-order valence-corrected chi connectivity index (χ4v) is 2.45. The van der Waals surface area contributed by atoms with Gasteiger partial charge in [-0.3, -0.25) is 14.9 Å². The number of hydrogen-bond donors (Lipinski definition) is 2. The Hall–Kier alpha value is -2.96. The Bertz CT molecular complexity index is 719. The normalized spacial score (nSPS) is 11.7. The van der Waals surface area contributed by atoms with Crippen LogP contribution in [0.2, 0.25) is 0 Å². The largest absolute Gasteiger partial charge is 0.481 e. The zero-order valence-corrected chi connectivity index (χ0v) is 13.3. The van der Waals surface area contributed by atoms with Gasteiger partial charge in [-0.15, -0.1) is 0 Å². The quantitative estimate of drug-likeness (QED) is 0.569. The van der Waals surface area contributed by atoms with E-state index in [9.17, 15) is 14.9 Å². The molecule has 1 aromatic carbocycles. The molecule has 1 heterocycles. The fraction of sp³-hybridized carbons (Fsp3) is 0.294. The molecule has 0 fully saturated rings. The molecule has 1 atom stereocenters. The van der Waals surface area contributed by atoms with Crippen molar-refractivity contribution in [2.24, 2.45) is 0 Å². The Morgan fingerprint density at radius 1 is 1.38 bits per heavy atom. The van der Waals surface area contributed by atoms with Crippen molar-refractivity contribution in [2.45, 2.75) is 32.2 Å².